The van der Waals surface area contributed by atoms with E-state index >= 15 is 0 Å². The van der Waals surface area contributed by atoms with Crippen LogP contribution in [-0.4, -0.2) is 31.5 Å². The first-order valence-corrected chi connectivity index (χ1v) is 9.66. The number of halogens is 2. The number of nitrogens with one attached hydrogen (secondary N) is 2. The first-order valence-electron chi connectivity index (χ1n) is 9.28. The molecule has 0 saturated carbocycles. The molecule has 0 heterocycles. The van der Waals surface area contributed by atoms with Crippen molar-refractivity contribution in [3.05, 3.63) is 70.5 Å². The van der Waals surface area contributed by atoms with Crippen molar-refractivity contribution in [2.45, 2.75) is 19.8 Å². The van der Waals surface area contributed by atoms with Crippen LogP contribution in [0.2, 0.25) is 5.02 Å². The molecule has 1 unspecified atom stereocenters. The van der Waals surface area contributed by atoms with Gasteiger partial charge in [0.15, 0.2) is 5.96 Å². The zero-order valence-electron chi connectivity index (χ0n) is 15.9. The van der Waals surface area contributed by atoms with E-state index < -0.39 is 11.8 Å². The lowest BCUT2D eigenvalue weighted by Crippen LogP contribution is -2.39. The van der Waals surface area contributed by atoms with E-state index in [0.29, 0.717) is 30.5 Å². The fraction of sp³-hybridized carbons (Fsp3) is 0.333. The number of nitrogens with zero attached hydrogens (tertiary/aromatic N) is 1. The van der Waals surface area contributed by atoms with Gasteiger partial charge in [-0.15, -0.1) is 0 Å². The van der Waals surface area contributed by atoms with Gasteiger partial charge in [-0.3, -0.25) is 9.79 Å². The van der Waals surface area contributed by atoms with Crippen molar-refractivity contribution in [1.29, 1.82) is 0 Å². The molecule has 5 nitrogen and oxygen atoms in total. The first-order chi connectivity index (χ1) is 13.5. The molecule has 0 fully saturated rings. The minimum atomic E-state index is -0.461. The van der Waals surface area contributed by atoms with Crippen molar-refractivity contribution in [3.8, 4) is 0 Å². The predicted octanol–water partition coefficient (Wildman–Crippen LogP) is 2.92. The van der Waals surface area contributed by atoms with Crippen LogP contribution < -0.4 is 16.4 Å². The molecular weight excluding hydrogens is 379 g/mol. The van der Waals surface area contributed by atoms with Gasteiger partial charge in [0, 0.05) is 18.1 Å². The van der Waals surface area contributed by atoms with Gasteiger partial charge >= 0.3 is 0 Å². The van der Waals surface area contributed by atoms with Crippen molar-refractivity contribution in [2.75, 3.05) is 19.6 Å². The average molecular weight is 405 g/mol. The molecule has 0 spiro atoms. The fourth-order valence-corrected chi connectivity index (χ4v) is 2.81. The third-order valence-corrected chi connectivity index (χ3v) is 4.48. The van der Waals surface area contributed by atoms with Gasteiger partial charge in [0.1, 0.15) is 5.82 Å². The number of hydrogen-bond acceptors (Lipinski definition) is 2. The van der Waals surface area contributed by atoms with E-state index in [2.05, 4.69) is 15.6 Å². The van der Waals surface area contributed by atoms with Gasteiger partial charge in [-0.1, -0.05) is 35.9 Å². The molecule has 150 valence electrons. The average Bonchev–Trinajstić information content (AvgIpc) is 2.67. The Morgan fingerprint density at radius 3 is 2.36 bits per heavy atom. The van der Waals surface area contributed by atoms with E-state index in [1.165, 1.54) is 17.7 Å². The summed E-state index contributed by atoms with van der Waals surface area (Å²) < 4.78 is 13.0. The maximum atomic E-state index is 13.0. The predicted molar refractivity (Wildman–Crippen MR) is 112 cm³/mol. The number of hydrogen-bond donors (Lipinski definition) is 3. The molecule has 2 aromatic rings. The number of benzene rings is 2. The van der Waals surface area contributed by atoms with Crippen molar-refractivity contribution >= 4 is 23.5 Å². The number of primary amides is 1. The van der Waals surface area contributed by atoms with Gasteiger partial charge < -0.3 is 16.4 Å². The van der Waals surface area contributed by atoms with E-state index in [1.54, 1.807) is 12.1 Å². The van der Waals surface area contributed by atoms with Gasteiger partial charge in [-0.2, -0.15) is 0 Å². The topological polar surface area (TPSA) is 79.5 Å². The Hall–Kier alpha value is -2.60. The largest absolute Gasteiger partial charge is 0.369 e. The zero-order chi connectivity index (χ0) is 20.4. The van der Waals surface area contributed by atoms with Gasteiger partial charge in [-0.25, -0.2) is 4.39 Å². The molecule has 0 aliphatic heterocycles. The lowest BCUT2D eigenvalue weighted by Gasteiger charge is -2.14. The van der Waals surface area contributed by atoms with Crippen LogP contribution >= 0.6 is 11.6 Å². The smallest absolute Gasteiger partial charge is 0.222 e. The van der Waals surface area contributed by atoms with Crippen molar-refractivity contribution in [2.24, 2.45) is 16.6 Å². The van der Waals surface area contributed by atoms with Crippen LogP contribution in [-0.2, 0) is 17.6 Å². The monoisotopic (exact) mass is 404 g/mol. The summed E-state index contributed by atoms with van der Waals surface area (Å²) in [5.74, 6) is -0.569. The molecule has 0 aromatic heterocycles. The maximum absolute atomic E-state index is 13.0. The van der Waals surface area contributed by atoms with Crippen LogP contribution in [0.1, 0.15) is 18.1 Å². The molecule has 0 radical (unpaired) electrons. The molecule has 1 atom stereocenters. The summed E-state index contributed by atoms with van der Waals surface area (Å²) in [6, 6.07) is 13.8. The Bertz CT molecular complexity index is 778. The molecule has 28 heavy (non-hydrogen) atoms. The molecule has 1 amide bonds. The Labute approximate surface area is 170 Å². The van der Waals surface area contributed by atoms with Crippen molar-refractivity contribution < 1.29 is 9.18 Å². The second-order valence-electron chi connectivity index (χ2n) is 6.45. The lowest BCUT2D eigenvalue weighted by molar-refractivity contribution is -0.121. The van der Waals surface area contributed by atoms with E-state index in [4.69, 9.17) is 17.3 Å². The summed E-state index contributed by atoms with van der Waals surface area (Å²) in [6.45, 7) is 3.61. The maximum Gasteiger partial charge on any atom is 0.222 e. The highest BCUT2D eigenvalue weighted by molar-refractivity contribution is 6.30. The van der Waals surface area contributed by atoms with E-state index in [0.717, 1.165) is 12.0 Å². The van der Waals surface area contributed by atoms with Gasteiger partial charge in [-0.05, 0) is 55.2 Å². The Morgan fingerprint density at radius 1 is 1.11 bits per heavy atom. The number of aliphatic imine (C=N–C) groups is 1. The van der Waals surface area contributed by atoms with Crippen LogP contribution in [0.3, 0.4) is 0 Å². The number of carbonyl (C=O) groups is 1. The first kappa shape index (κ1) is 21.7. The molecular formula is C21H26ClFN4O. The van der Waals surface area contributed by atoms with E-state index in [1.807, 2.05) is 31.2 Å². The zero-order valence-corrected chi connectivity index (χ0v) is 16.7. The second kappa shape index (κ2) is 11.3. The molecule has 0 aliphatic rings. The normalized spacial score (nSPS) is 12.5. The fourth-order valence-electron chi connectivity index (χ4n) is 2.68. The van der Waals surface area contributed by atoms with Gasteiger partial charge in [0.2, 0.25) is 5.91 Å². The summed E-state index contributed by atoms with van der Waals surface area (Å²) in [5.41, 5.74) is 7.54. The number of nitrogens with two attached hydrogens (primary N) is 1. The second-order valence-corrected chi connectivity index (χ2v) is 6.89. The summed E-state index contributed by atoms with van der Waals surface area (Å²) >= 11 is 5.90. The lowest BCUT2D eigenvalue weighted by atomic mass is 9.99. The SMILES string of the molecule is CCNC(=NCC(Cc1ccc(F)cc1)C(N)=O)NCCc1ccc(Cl)cc1. The minimum Gasteiger partial charge on any atom is -0.369 e. The van der Waals surface area contributed by atoms with Crippen molar-refractivity contribution in [3.63, 3.8) is 0 Å². The van der Waals surface area contributed by atoms with Crippen LogP contribution in [0, 0.1) is 11.7 Å². The number of carbonyl (C=O) groups excluding carboxylic acids is 1. The molecule has 0 bridgehead atoms. The molecule has 0 aliphatic carbocycles. The van der Waals surface area contributed by atoms with Crippen LogP contribution in [0.15, 0.2) is 53.5 Å². The number of amides is 1. The Morgan fingerprint density at radius 2 is 1.75 bits per heavy atom. The molecule has 2 rings (SSSR count). The summed E-state index contributed by atoms with van der Waals surface area (Å²) in [7, 11) is 0. The van der Waals surface area contributed by atoms with E-state index in [9.17, 15) is 9.18 Å². The number of guanidine groups is 1. The third-order valence-electron chi connectivity index (χ3n) is 4.23. The Kier molecular flexibility index (Phi) is 8.75. The molecule has 0 saturated heterocycles. The number of rotatable bonds is 9. The highest BCUT2D eigenvalue weighted by Gasteiger charge is 2.16. The highest BCUT2D eigenvalue weighted by atomic mass is 35.5. The standard InChI is InChI=1S/C21H26ClFN4O/c1-2-25-21(26-12-11-15-3-7-18(22)8-4-15)27-14-17(20(24)28)13-16-5-9-19(23)10-6-16/h3-10,17H,2,11-14H2,1H3,(H2,24,28)(H2,25,26,27). The Balaban J connectivity index is 1.92. The van der Waals surface area contributed by atoms with Crippen molar-refractivity contribution in [1.82, 2.24) is 10.6 Å². The van der Waals surface area contributed by atoms with Crippen LogP contribution in [0.5, 0.6) is 0 Å². The quantitative estimate of drug-likeness (QED) is 0.444. The van der Waals surface area contributed by atoms with Gasteiger partial charge in [0.25, 0.3) is 0 Å². The molecule has 7 heteroatoms. The highest BCUT2D eigenvalue weighted by Crippen LogP contribution is 2.11. The van der Waals surface area contributed by atoms with E-state index in [-0.39, 0.29) is 12.4 Å². The molecule has 2 aromatic carbocycles. The van der Waals surface area contributed by atoms with Crippen LogP contribution in [0.25, 0.3) is 0 Å². The summed E-state index contributed by atoms with van der Waals surface area (Å²) in [5, 5.41) is 7.13. The third kappa shape index (κ3) is 7.56. The van der Waals surface area contributed by atoms with Crippen LogP contribution in [0.4, 0.5) is 4.39 Å². The minimum absolute atomic E-state index is 0.253. The molecule has 4 N–H and O–H groups in total. The summed E-state index contributed by atoms with van der Waals surface area (Å²) in [6.07, 6.45) is 1.24. The summed E-state index contributed by atoms with van der Waals surface area (Å²) in [4.78, 5) is 16.3. The van der Waals surface area contributed by atoms with Gasteiger partial charge in [0.05, 0.1) is 12.5 Å².